The molecule has 1 saturated heterocycles. The van der Waals surface area contributed by atoms with E-state index in [1.54, 1.807) is 25.7 Å². The van der Waals surface area contributed by atoms with Crippen molar-refractivity contribution in [3.05, 3.63) is 46.2 Å². The van der Waals surface area contributed by atoms with E-state index in [0.29, 0.717) is 48.6 Å². The second-order valence-electron chi connectivity index (χ2n) is 8.07. The van der Waals surface area contributed by atoms with Crippen LogP contribution in [0.1, 0.15) is 69.8 Å². The van der Waals surface area contributed by atoms with Crippen LogP contribution in [-0.4, -0.2) is 47.4 Å². The molecule has 0 atom stereocenters. The number of hydrogen-bond donors (Lipinski definition) is 2. The van der Waals surface area contributed by atoms with Gasteiger partial charge in [0.2, 0.25) is 5.91 Å². The van der Waals surface area contributed by atoms with E-state index in [1.165, 1.54) is 0 Å². The number of furan rings is 1. The van der Waals surface area contributed by atoms with Crippen molar-refractivity contribution >= 4 is 17.8 Å². The third-order valence-electron chi connectivity index (χ3n) is 5.76. The highest BCUT2D eigenvalue weighted by Crippen LogP contribution is 2.25. The van der Waals surface area contributed by atoms with Gasteiger partial charge in [0.05, 0.1) is 18.7 Å². The number of nitrogens with one attached hydrogen (secondary N) is 2. The molecule has 2 N–H and O–H groups in total. The van der Waals surface area contributed by atoms with Crippen molar-refractivity contribution < 1.29 is 23.5 Å². The monoisotopic (exact) mass is 429 g/mol. The molecule has 3 rings (SSSR count). The number of aromatic amines is 1. The van der Waals surface area contributed by atoms with Crippen molar-refractivity contribution in [2.24, 2.45) is 5.92 Å². The van der Waals surface area contributed by atoms with Gasteiger partial charge in [0.15, 0.2) is 0 Å². The molecule has 1 fully saturated rings. The molecule has 31 heavy (non-hydrogen) atoms. The van der Waals surface area contributed by atoms with Gasteiger partial charge in [-0.25, -0.2) is 4.79 Å². The van der Waals surface area contributed by atoms with Gasteiger partial charge in [-0.3, -0.25) is 9.59 Å². The van der Waals surface area contributed by atoms with Crippen molar-refractivity contribution in [3.8, 4) is 0 Å². The largest absolute Gasteiger partial charge is 0.465 e. The lowest BCUT2D eigenvalue weighted by Crippen LogP contribution is -2.40. The van der Waals surface area contributed by atoms with E-state index in [0.717, 1.165) is 24.4 Å². The Bertz CT molecular complexity index is 951. The SMILES string of the molecule is CCOC(=O)c1[nH]c(C)c(C(=O)N2CCC(CC(=O)NCc3ccc(C)o3)CC2)c1C. The average Bonchev–Trinajstić information content (AvgIpc) is 3.29. The number of aromatic nitrogens is 1. The van der Waals surface area contributed by atoms with Crippen LogP contribution >= 0.6 is 0 Å². The van der Waals surface area contributed by atoms with Crippen LogP contribution in [0.15, 0.2) is 16.5 Å². The summed E-state index contributed by atoms with van der Waals surface area (Å²) in [7, 11) is 0. The number of carbonyl (C=O) groups is 3. The number of piperidine rings is 1. The van der Waals surface area contributed by atoms with Crippen molar-refractivity contribution in [2.45, 2.75) is 53.5 Å². The number of carbonyl (C=O) groups excluding carboxylic acids is 3. The fraction of sp³-hybridized carbons (Fsp3) is 0.522. The lowest BCUT2D eigenvalue weighted by atomic mass is 9.92. The summed E-state index contributed by atoms with van der Waals surface area (Å²) in [6.07, 6.45) is 1.98. The van der Waals surface area contributed by atoms with Crippen LogP contribution in [0.3, 0.4) is 0 Å². The highest BCUT2D eigenvalue weighted by atomic mass is 16.5. The fourth-order valence-corrected chi connectivity index (χ4v) is 4.08. The number of rotatable bonds is 7. The fourth-order valence-electron chi connectivity index (χ4n) is 4.08. The quantitative estimate of drug-likeness (QED) is 0.658. The number of ether oxygens (including phenoxy) is 1. The number of nitrogens with zero attached hydrogens (tertiary/aromatic N) is 1. The number of likely N-dealkylation sites (tertiary alicyclic amines) is 1. The summed E-state index contributed by atoms with van der Waals surface area (Å²) >= 11 is 0. The molecule has 0 spiro atoms. The van der Waals surface area contributed by atoms with E-state index >= 15 is 0 Å². The summed E-state index contributed by atoms with van der Waals surface area (Å²) in [4.78, 5) is 42.2. The van der Waals surface area contributed by atoms with E-state index < -0.39 is 5.97 Å². The molecule has 0 bridgehead atoms. The number of amides is 2. The first-order valence-corrected chi connectivity index (χ1v) is 10.8. The van der Waals surface area contributed by atoms with Gasteiger partial charge in [-0.05, 0) is 64.2 Å². The van der Waals surface area contributed by atoms with Gasteiger partial charge in [-0.15, -0.1) is 0 Å². The maximum Gasteiger partial charge on any atom is 0.355 e. The van der Waals surface area contributed by atoms with Gasteiger partial charge in [-0.2, -0.15) is 0 Å². The van der Waals surface area contributed by atoms with Crippen LogP contribution in [0.5, 0.6) is 0 Å². The summed E-state index contributed by atoms with van der Waals surface area (Å²) in [5, 5.41) is 2.90. The topological polar surface area (TPSA) is 105 Å². The lowest BCUT2D eigenvalue weighted by molar-refractivity contribution is -0.122. The van der Waals surface area contributed by atoms with Gasteiger partial charge in [0, 0.05) is 25.2 Å². The standard InChI is InChI=1S/C23H31N3O5/c1-5-30-23(29)21-15(3)20(16(4)25-21)22(28)26-10-8-17(9-11-26)12-19(27)24-13-18-7-6-14(2)31-18/h6-7,17,25H,5,8-13H2,1-4H3,(H,24,27). The Hall–Kier alpha value is -3.03. The Morgan fingerprint density at radius 1 is 1.19 bits per heavy atom. The summed E-state index contributed by atoms with van der Waals surface area (Å²) in [5.41, 5.74) is 2.16. The predicted molar refractivity (Wildman–Crippen MR) is 115 cm³/mol. The molecule has 8 nitrogen and oxygen atoms in total. The number of hydrogen-bond acceptors (Lipinski definition) is 5. The van der Waals surface area contributed by atoms with Gasteiger partial charge >= 0.3 is 5.97 Å². The Kier molecular flexibility index (Phi) is 7.20. The van der Waals surface area contributed by atoms with E-state index in [4.69, 9.17) is 9.15 Å². The molecule has 0 saturated carbocycles. The van der Waals surface area contributed by atoms with E-state index in [2.05, 4.69) is 10.3 Å². The molecule has 168 valence electrons. The molecule has 3 heterocycles. The highest BCUT2D eigenvalue weighted by Gasteiger charge is 2.29. The molecule has 1 aliphatic heterocycles. The van der Waals surface area contributed by atoms with Crippen LogP contribution in [-0.2, 0) is 16.1 Å². The Labute approximate surface area is 182 Å². The highest BCUT2D eigenvalue weighted by molar-refractivity contribution is 6.01. The zero-order chi connectivity index (χ0) is 22.5. The van der Waals surface area contributed by atoms with Crippen molar-refractivity contribution in [3.63, 3.8) is 0 Å². The predicted octanol–water partition coefficient (Wildman–Crippen LogP) is 3.27. The maximum atomic E-state index is 13.1. The van der Waals surface area contributed by atoms with E-state index in [9.17, 15) is 14.4 Å². The summed E-state index contributed by atoms with van der Waals surface area (Å²) in [6.45, 7) is 9.02. The molecule has 2 amide bonds. The molecule has 0 aliphatic carbocycles. The normalized spacial score (nSPS) is 14.5. The number of aryl methyl sites for hydroxylation is 2. The molecule has 0 aromatic carbocycles. The van der Waals surface area contributed by atoms with Crippen LogP contribution in [0, 0.1) is 26.7 Å². The summed E-state index contributed by atoms with van der Waals surface area (Å²) < 4.78 is 10.5. The second kappa shape index (κ2) is 9.85. The minimum atomic E-state index is -0.448. The summed E-state index contributed by atoms with van der Waals surface area (Å²) in [5.74, 6) is 1.27. The number of esters is 1. The number of H-pyrrole nitrogens is 1. The van der Waals surface area contributed by atoms with Gasteiger partial charge < -0.3 is 24.4 Å². The Morgan fingerprint density at radius 3 is 2.52 bits per heavy atom. The molecule has 0 unspecified atom stereocenters. The van der Waals surface area contributed by atoms with Gasteiger partial charge in [-0.1, -0.05) is 0 Å². The van der Waals surface area contributed by atoms with Crippen molar-refractivity contribution in [1.82, 2.24) is 15.2 Å². The molecule has 1 aliphatic rings. The zero-order valence-electron chi connectivity index (χ0n) is 18.7. The minimum Gasteiger partial charge on any atom is -0.465 e. The third-order valence-corrected chi connectivity index (χ3v) is 5.76. The van der Waals surface area contributed by atoms with Crippen molar-refractivity contribution in [2.75, 3.05) is 19.7 Å². The molecule has 2 aromatic heterocycles. The first-order valence-electron chi connectivity index (χ1n) is 10.8. The lowest BCUT2D eigenvalue weighted by Gasteiger charge is -2.32. The van der Waals surface area contributed by atoms with Gasteiger partial charge in [0.25, 0.3) is 5.91 Å². The minimum absolute atomic E-state index is 0.00442. The van der Waals surface area contributed by atoms with Crippen LogP contribution in [0.25, 0.3) is 0 Å². The molecular weight excluding hydrogens is 398 g/mol. The zero-order valence-corrected chi connectivity index (χ0v) is 18.7. The van der Waals surface area contributed by atoms with Crippen molar-refractivity contribution in [1.29, 1.82) is 0 Å². The van der Waals surface area contributed by atoms with E-state index in [1.807, 2.05) is 19.1 Å². The maximum absolute atomic E-state index is 13.1. The third kappa shape index (κ3) is 5.37. The van der Waals surface area contributed by atoms with Crippen LogP contribution in [0.2, 0.25) is 0 Å². The molecule has 0 radical (unpaired) electrons. The molecule has 2 aromatic rings. The van der Waals surface area contributed by atoms with Crippen LogP contribution < -0.4 is 5.32 Å². The Morgan fingerprint density at radius 2 is 1.90 bits per heavy atom. The molecular formula is C23H31N3O5. The average molecular weight is 430 g/mol. The first kappa shape index (κ1) is 22.7. The first-order chi connectivity index (χ1) is 14.8. The smallest absolute Gasteiger partial charge is 0.355 e. The second-order valence-corrected chi connectivity index (χ2v) is 8.07. The molecule has 8 heteroatoms. The van der Waals surface area contributed by atoms with Gasteiger partial charge in [0.1, 0.15) is 17.2 Å². The van der Waals surface area contributed by atoms with E-state index in [-0.39, 0.29) is 24.3 Å². The van der Waals surface area contributed by atoms with Crippen LogP contribution in [0.4, 0.5) is 0 Å². The Balaban J connectivity index is 1.52. The summed E-state index contributed by atoms with van der Waals surface area (Å²) in [6, 6.07) is 3.73.